The van der Waals surface area contributed by atoms with Gasteiger partial charge in [-0.15, -0.1) is 11.3 Å². The number of hydrogen-bond donors (Lipinski definition) is 3. The largest absolute Gasteiger partial charge is 0.365 e. The fourth-order valence-electron chi connectivity index (χ4n) is 3.21. The second-order valence-corrected chi connectivity index (χ2v) is 9.46. The van der Waals surface area contributed by atoms with Crippen LogP contribution in [-0.4, -0.2) is 27.5 Å². The number of thioether (sulfide) groups is 1. The molecule has 9 heteroatoms. The number of carbonyl (C=O) groups is 2. The van der Waals surface area contributed by atoms with Crippen molar-refractivity contribution >= 4 is 39.9 Å². The summed E-state index contributed by atoms with van der Waals surface area (Å²) in [6.07, 6.45) is 2.72. The monoisotopic (exact) mass is 420 g/mol. The minimum absolute atomic E-state index is 0.0711. The van der Waals surface area contributed by atoms with Crippen molar-refractivity contribution < 1.29 is 9.59 Å². The molecule has 0 aromatic carbocycles. The number of carbonyl (C=O) groups excluding carboxylic acids is 2. The summed E-state index contributed by atoms with van der Waals surface area (Å²) in [6, 6.07) is 1.46. The topological polar surface area (TPSA) is 118 Å². The molecule has 0 fully saturated rings. The van der Waals surface area contributed by atoms with Crippen molar-refractivity contribution in [2.45, 2.75) is 51.1 Å². The van der Waals surface area contributed by atoms with Gasteiger partial charge in [0.25, 0.3) is 11.5 Å². The van der Waals surface area contributed by atoms with Gasteiger partial charge in [-0.1, -0.05) is 32.5 Å². The zero-order valence-corrected chi connectivity index (χ0v) is 17.8. The van der Waals surface area contributed by atoms with Gasteiger partial charge in [0.15, 0.2) is 5.16 Å². The lowest BCUT2D eigenvalue weighted by molar-refractivity contribution is -0.113. The molecule has 7 nitrogen and oxygen atoms in total. The Hall–Kier alpha value is -2.13. The average molecular weight is 421 g/mol. The van der Waals surface area contributed by atoms with E-state index in [0.717, 1.165) is 41.5 Å². The number of hydrogen-bond acceptors (Lipinski definition) is 6. The highest BCUT2D eigenvalue weighted by molar-refractivity contribution is 7.99. The van der Waals surface area contributed by atoms with Crippen LogP contribution in [0.4, 0.5) is 5.00 Å². The number of nitrogens with two attached hydrogens (primary N) is 1. The summed E-state index contributed by atoms with van der Waals surface area (Å²) in [4.78, 5) is 44.3. The molecule has 2 heterocycles. The number of rotatable bonds is 6. The van der Waals surface area contributed by atoms with Crippen molar-refractivity contribution in [3.8, 4) is 0 Å². The third-order valence-corrected chi connectivity index (χ3v) is 6.73. The number of fused-ring (bicyclic) bond motifs is 1. The molecule has 1 aliphatic carbocycles. The SMILES string of the molecule is CC1CCc2c(sc(NC(=O)CSc3nc(C(C)C)cc(=O)[nH]3)c2C(N)=O)C1. The predicted octanol–water partition coefficient (Wildman–Crippen LogP) is 2.91. The highest BCUT2D eigenvalue weighted by atomic mass is 32.2. The summed E-state index contributed by atoms with van der Waals surface area (Å²) in [5.74, 6) is -0.0280. The molecule has 2 amide bonds. The van der Waals surface area contributed by atoms with E-state index in [1.165, 1.54) is 17.4 Å². The minimum Gasteiger partial charge on any atom is -0.365 e. The second kappa shape index (κ2) is 8.48. The maximum atomic E-state index is 12.4. The molecule has 0 saturated carbocycles. The molecule has 2 aromatic heterocycles. The summed E-state index contributed by atoms with van der Waals surface area (Å²) in [5, 5.41) is 3.75. The number of thiophene rings is 1. The first-order valence-electron chi connectivity index (χ1n) is 9.22. The molecule has 0 spiro atoms. The Labute approximate surface area is 171 Å². The molecule has 0 bridgehead atoms. The van der Waals surface area contributed by atoms with Crippen molar-refractivity contribution in [1.82, 2.24) is 9.97 Å². The second-order valence-electron chi connectivity index (χ2n) is 7.39. The fraction of sp³-hybridized carbons (Fsp3) is 0.474. The normalized spacial score (nSPS) is 16.1. The Kier molecular flexibility index (Phi) is 6.24. The van der Waals surface area contributed by atoms with Crippen LogP contribution in [-0.2, 0) is 17.6 Å². The van der Waals surface area contributed by atoms with E-state index in [4.69, 9.17) is 5.73 Å². The molecule has 0 saturated heterocycles. The first-order chi connectivity index (χ1) is 13.2. The number of nitrogens with zero attached hydrogens (tertiary/aromatic N) is 1. The van der Waals surface area contributed by atoms with E-state index in [1.807, 2.05) is 13.8 Å². The molecule has 150 valence electrons. The third kappa shape index (κ3) is 4.64. The molecule has 3 rings (SSSR count). The van der Waals surface area contributed by atoms with Crippen LogP contribution in [0.2, 0.25) is 0 Å². The van der Waals surface area contributed by atoms with E-state index >= 15 is 0 Å². The number of amides is 2. The first-order valence-corrected chi connectivity index (χ1v) is 11.0. The lowest BCUT2D eigenvalue weighted by Gasteiger charge is -2.18. The molecule has 1 atom stereocenters. The molecule has 0 aliphatic heterocycles. The van der Waals surface area contributed by atoms with E-state index in [9.17, 15) is 14.4 Å². The van der Waals surface area contributed by atoms with Crippen LogP contribution in [0.1, 0.15) is 59.6 Å². The quantitative estimate of drug-likeness (QED) is 0.490. The highest BCUT2D eigenvalue weighted by Gasteiger charge is 2.27. The number of H-pyrrole nitrogens is 1. The van der Waals surface area contributed by atoms with Crippen LogP contribution in [0.5, 0.6) is 0 Å². The number of anilines is 1. The van der Waals surface area contributed by atoms with Gasteiger partial charge in [0, 0.05) is 10.9 Å². The van der Waals surface area contributed by atoms with Crippen molar-refractivity contribution in [1.29, 1.82) is 0 Å². The van der Waals surface area contributed by atoms with Gasteiger partial charge in [-0.25, -0.2) is 4.98 Å². The van der Waals surface area contributed by atoms with E-state index < -0.39 is 5.91 Å². The van der Waals surface area contributed by atoms with Gasteiger partial charge < -0.3 is 16.0 Å². The molecular weight excluding hydrogens is 396 g/mol. The lowest BCUT2D eigenvalue weighted by atomic mass is 9.88. The summed E-state index contributed by atoms with van der Waals surface area (Å²) in [5.41, 5.74) is 7.45. The Morgan fingerprint density at radius 1 is 1.46 bits per heavy atom. The number of aromatic nitrogens is 2. The molecule has 4 N–H and O–H groups in total. The van der Waals surface area contributed by atoms with Crippen LogP contribution >= 0.6 is 23.1 Å². The summed E-state index contributed by atoms with van der Waals surface area (Å²) < 4.78 is 0. The fourth-order valence-corrected chi connectivity index (χ4v) is 5.33. The maximum Gasteiger partial charge on any atom is 0.251 e. The van der Waals surface area contributed by atoms with Gasteiger partial charge in [0.05, 0.1) is 17.0 Å². The average Bonchev–Trinajstić information content (AvgIpc) is 2.96. The van der Waals surface area contributed by atoms with Gasteiger partial charge in [0.2, 0.25) is 5.91 Å². The van der Waals surface area contributed by atoms with E-state index in [1.54, 1.807) is 0 Å². The number of primary amides is 1. The van der Waals surface area contributed by atoms with Gasteiger partial charge >= 0.3 is 0 Å². The number of nitrogens with one attached hydrogen (secondary N) is 2. The van der Waals surface area contributed by atoms with Crippen LogP contribution in [0.15, 0.2) is 16.0 Å². The van der Waals surface area contributed by atoms with Gasteiger partial charge in [0.1, 0.15) is 5.00 Å². The van der Waals surface area contributed by atoms with Gasteiger partial charge in [-0.3, -0.25) is 14.4 Å². The van der Waals surface area contributed by atoms with Gasteiger partial charge in [-0.2, -0.15) is 0 Å². The minimum atomic E-state index is -0.509. The molecule has 1 unspecified atom stereocenters. The van der Waals surface area contributed by atoms with E-state index in [2.05, 4.69) is 22.2 Å². The molecule has 2 aromatic rings. The zero-order valence-electron chi connectivity index (χ0n) is 16.1. The first kappa shape index (κ1) is 20.6. The van der Waals surface area contributed by atoms with Crippen molar-refractivity contribution in [3.05, 3.63) is 38.1 Å². The summed E-state index contributed by atoms with van der Waals surface area (Å²) in [6.45, 7) is 6.09. The lowest BCUT2D eigenvalue weighted by Crippen LogP contribution is -2.20. The van der Waals surface area contributed by atoms with Gasteiger partial charge in [-0.05, 0) is 36.7 Å². The van der Waals surface area contributed by atoms with E-state index in [-0.39, 0.29) is 23.1 Å². The highest BCUT2D eigenvalue weighted by Crippen LogP contribution is 2.39. The zero-order chi connectivity index (χ0) is 20.4. The molecular formula is C19H24N4O3S2. The van der Waals surface area contributed by atoms with Crippen molar-refractivity contribution in [3.63, 3.8) is 0 Å². The third-order valence-electron chi connectivity index (χ3n) is 4.68. The van der Waals surface area contributed by atoms with E-state index in [0.29, 0.717) is 27.3 Å². The Balaban J connectivity index is 1.72. The number of aromatic amines is 1. The van der Waals surface area contributed by atoms with Crippen molar-refractivity contribution in [2.75, 3.05) is 11.1 Å². The molecule has 0 radical (unpaired) electrons. The summed E-state index contributed by atoms with van der Waals surface area (Å²) >= 11 is 2.59. The Morgan fingerprint density at radius 3 is 2.89 bits per heavy atom. The maximum absolute atomic E-state index is 12.4. The Morgan fingerprint density at radius 2 is 2.21 bits per heavy atom. The predicted molar refractivity (Wildman–Crippen MR) is 112 cm³/mol. The standard InChI is InChI=1S/C19H24N4O3S2/c1-9(2)12-7-14(24)23-19(21-12)27-8-15(25)22-18-16(17(20)26)11-5-4-10(3)6-13(11)28-18/h7,9-10H,4-6,8H2,1-3H3,(H2,20,26)(H,22,25)(H,21,23,24). The smallest absolute Gasteiger partial charge is 0.251 e. The molecule has 1 aliphatic rings. The van der Waals surface area contributed by atoms with Crippen LogP contribution in [0, 0.1) is 5.92 Å². The Bertz CT molecular complexity index is 965. The van der Waals surface area contributed by atoms with Crippen molar-refractivity contribution in [2.24, 2.45) is 11.7 Å². The van der Waals surface area contributed by atoms with Crippen LogP contribution in [0.3, 0.4) is 0 Å². The van der Waals surface area contributed by atoms with Crippen LogP contribution in [0.25, 0.3) is 0 Å². The molecule has 28 heavy (non-hydrogen) atoms. The summed E-state index contributed by atoms with van der Waals surface area (Å²) in [7, 11) is 0. The van der Waals surface area contributed by atoms with Crippen LogP contribution < -0.4 is 16.6 Å².